The molecule has 1 unspecified atom stereocenters. The normalized spacial score (nSPS) is 12.5. The van der Waals surface area contributed by atoms with Crippen molar-refractivity contribution in [3.8, 4) is 0 Å². The Morgan fingerprint density at radius 3 is 2.76 bits per heavy atom. The number of carbonyl (C=O) groups excluding carboxylic acids is 1. The Bertz CT molecular complexity index is 407. The van der Waals surface area contributed by atoms with E-state index >= 15 is 0 Å². The number of nitrogens with one attached hydrogen (secondary N) is 1. The topological polar surface area (TPSA) is 68.0 Å². The second kappa shape index (κ2) is 5.61. The predicted octanol–water partition coefficient (Wildman–Crippen LogP) is 1.82. The van der Waals surface area contributed by atoms with Gasteiger partial charge in [0.2, 0.25) is 0 Å². The lowest BCUT2D eigenvalue weighted by molar-refractivity contribution is 0.0945. The van der Waals surface area contributed by atoms with Crippen LogP contribution in [0.25, 0.3) is 0 Å². The van der Waals surface area contributed by atoms with E-state index in [1.54, 1.807) is 0 Å². The molecule has 4 nitrogen and oxygen atoms in total. The van der Waals surface area contributed by atoms with E-state index in [4.69, 9.17) is 5.73 Å². The Balaban J connectivity index is 2.67. The minimum absolute atomic E-state index is 0.0427. The van der Waals surface area contributed by atoms with E-state index in [9.17, 15) is 9.18 Å². The van der Waals surface area contributed by atoms with Crippen LogP contribution in [0.3, 0.4) is 0 Å². The maximum Gasteiger partial charge on any atom is 0.255 e. The molecule has 0 fully saturated rings. The number of carbonyl (C=O) groups is 1. The van der Waals surface area contributed by atoms with Gasteiger partial charge < -0.3 is 11.1 Å². The molecule has 1 heterocycles. The van der Waals surface area contributed by atoms with E-state index < -0.39 is 5.82 Å². The highest BCUT2D eigenvalue weighted by Crippen LogP contribution is 2.11. The van der Waals surface area contributed by atoms with Crippen molar-refractivity contribution in [2.24, 2.45) is 11.8 Å². The van der Waals surface area contributed by atoms with Gasteiger partial charge in [-0.25, -0.2) is 9.37 Å². The second-order valence-electron chi connectivity index (χ2n) is 4.52. The number of pyridine rings is 1. The average molecular weight is 239 g/mol. The molecule has 0 aliphatic carbocycles. The number of nitrogens with zero attached hydrogens (tertiary/aromatic N) is 1. The van der Waals surface area contributed by atoms with Crippen LogP contribution in [-0.2, 0) is 0 Å². The third kappa shape index (κ3) is 3.69. The zero-order valence-corrected chi connectivity index (χ0v) is 10.3. The Hall–Kier alpha value is -1.65. The summed E-state index contributed by atoms with van der Waals surface area (Å²) in [6, 6.07) is 1.09. The summed E-state index contributed by atoms with van der Waals surface area (Å²) in [5, 5.41) is 2.72. The minimum Gasteiger partial charge on any atom is -0.383 e. The van der Waals surface area contributed by atoms with Crippen molar-refractivity contribution in [3.05, 3.63) is 23.6 Å². The van der Waals surface area contributed by atoms with E-state index in [1.165, 1.54) is 0 Å². The van der Waals surface area contributed by atoms with Crippen molar-refractivity contribution >= 4 is 11.7 Å². The van der Waals surface area contributed by atoms with Crippen LogP contribution in [0.4, 0.5) is 10.2 Å². The van der Waals surface area contributed by atoms with Crippen LogP contribution in [0.5, 0.6) is 0 Å². The highest BCUT2D eigenvalue weighted by atomic mass is 19.1. The molecule has 3 N–H and O–H groups in total. The number of anilines is 1. The van der Waals surface area contributed by atoms with Crippen molar-refractivity contribution in [2.75, 3.05) is 12.3 Å². The molecule has 0 aliphatic rings. The molecule has 1 atom stereocenters. The summed E-state index contributed by atoms with van der Waals surface area (Å²) in [5.74, 6) is -0.0932. The van der Waals surface area contributed by atoms with E-state index in [0.717, 1.165) is 12.3 Å². The first kappa shape index (κ1) is 13.4. The lowest BCUT2D eigenvalue weighted by Gasteiger charge is -2.16. The molecule has 0 spiro atoms. The molecule has 0 bridgehead atoms. The van der Waals surface area contributed by atoms with Gasteiger partial charge in [-0.3, -0.25) is 4.79 Å². The molecule has 94 valence electrons. The van der Waals surface area contributed by atoms with Crippen molar-refractivity contribution in [1.82, 2.24) is 10.3 Å². The van der Waals surface area contributed by atoms with Crippen LogP contribution in [0.2, 0.25) is 0 Å². The molecule has 1 rings (SSSR count). The molecule has 0 radical (unpaired) electrons. The average Bonchev–Trinajstić information content (AvgIpc) is 2.28. The molecule has 5 heteroatoms. The molecule has 17 heavy (non-hydrogen) atoms. The number of halogens is 1. The third-order valence-corrected chi connectivity index (χ3v) is 2.85. The Kier molecular flexibility index (Phi) is 4.43. The molecule has 1 aromatic heterocycles. The van der Waals surface area contributed by atoms with Gasteiger partial charge in [0, 0.05) is 6.54 Å². The van der Waals surface area contributed by atoms with E-state index in [-0.39, 0.29) is 17.3 Å². The third-order valence-electron chi connectivity index (χ3n) is 2.85. The van der Waals surface area contributed by atoms with Gasteiger partial charge in [0.25, 0.3) is 5.91 Å². The van der Waals surface area contributed by atoms with Gasteiger partial charge >= 0.3 is 0 Å². The first-order chi connectivity index (χ1) is 7.91. The zero-order valence-electron chi connectivity index (χ0n) is 10.3. The molecule has 0 aliphatic heterocycles. The summed E-state index contributed by atoms with van der Waals surface area (Å²) >= 11 is 0. The van der Waals surface area contributed by atoms with Crippen LogP contribution in [0, 0.1) is 17.7 Å². The van der Waals surface area contributed by atoms with Gasteiger partial charge in [-0.05, 0) is 17.9 Å². The summed E-state index contributed by atoms with van der Waals surface area (Å²) in [5.41, 5.74) is 5.60. The molecule has 1 aromatic rings. The monoisotopic (exact) mass is 239 g/mol. The largest absolute Gasteiger partial charge is 0.383 e. The smallest absolute Gasteiger partial charge is 0.255 e. The maximum absolute atomic E-state index is 12.9. The second-order valence-corrected chi connectivity index (χ2v) is 4.52. The predicted molar refractivity (Wildman–Crippen MR) is 64.9 cm³/mol. The van der Waals surface area contributed by atoms with Crippen LogP contribution < -0.4 is 11.1 Å². The lowest BCUT2D eigenvalue weighted by atomic mass is 9.98. The minimum atomic E-state index is -0.568. The summed E-state index contributed by atoms with van der Waals surface area (Å²) in [7, 11) is 0. The summed E-state index contributed by atoms with van der Waals surface area (Å²) in [6.45, 7) is 6.73. The first-order valence-electron chi connectivity index (χ1n) is 5.61. The van der Waals surface area contributed by atoms with Gasteiger partial charge in [-0.1, -0.05) is 20.8 Å². The van der Waals surface area contributed by atoms with Gasteiger partial charge in [0.15, 0.2) is 0 Å². The Labute approximate surface area is 100 Å². The fraction of sp³-hybridized carbons (Fsp3) is 0.500. The van der Waals surface area contributed by atoms with Crippen molar-refractivity contribution < 1.29 is 9.18 Å². The number of amides is 1. The van der Waals surface area contributed by atoms with Crippen molar-refractivity contribution in [2.45, 2.75) is 20.8 Å². The highest BCUT2D eigenvalue weighted by molar-refractivity contribution is 5.98. The molecular formula is C12H18FN3O. The molecule has 0 saturated heterocycles. The molecule has 1 amide bonds. The van der Waals surface area contributed by atoms with Gasteiger partial charge in [0.05, 0.1) is 11.8 Å². The fourth-order valence-electron chi connectivity index (χ4n) is 1.22. The maximum atomic E-state index is 12.9. The molecule has 0 saturated carbocycles. The quantitative estimate of drug-likeness (QED) is 0.842. The SMILES string of the molecule is CC(C)C(C)CNC(=O)c1cc(F)cnc1N. The van der Waals surface area contributed by atoms with Crippen LogP contribution in [-0.4, -0.2) is 17.4 Å². The van der Waals surface area contributed by atoms with E-state index in [0.29, 0.717) is 18.4 Å². The molecule has 0 aromatic carbocycles. The van der Waals surface area contributed by atoms with Crippen LogP contribution in [0.15, 0.2) is 12.3 Å². The lowest BCUT2D eigenvalue weighted by Crippen LogP contribution is -2.30. The summed E-state index contributed by atoms with van der Waals surface area (Å²) in [4.78, 5) is 15.4. The highest BCUT2D eigenvalue weighted by Gasteiger charge is 2.14. The summed E-state index contributed by atoms with van der Waals surface area (Å²) in [6.07, 6.45) is 0.989. The standard InChI is InChI=1S/C12H18FN3O/c1-7(2)8(3)5-16-12(17)10-4-9(13)6-15-11(10)14/h4,6-8H,5H2,1-3H3,(H2,14,15)(H,16,17). The van der Waals surface area contributed by atoms with E-state index in [2.05, 4.69) is 24.1 Å². The Morgan fingerprint density at radius 2 is 2.18 bits per heavy atom. The number of rotatable bonds is 4. The van der Waals surface area contributed by atoms with Gasteiger partial charge in [0.1, 0.15) is 11.6 Å². The number of aromatic nitrogens is 1. The molecular weight excluding hydrogens is 221 g/mol. The van der Waals surface area contributed by atoms with Crippen LogP contribution >= 0.6 is 0 Å². The number of nitrogen functional groups attached to an aromatic ring is 1. The van der Waals surface area contributed by atoms with Crippen molar-refractivity contribution in [1.29, 1.82) is 0 Å². The Morgan fingerprint density at radius 1 is 1.53 bits per heavy atom. The van der Waals surface area contributed by atoms with Gasteiger partial charge in [-0.15, -0.1) is 0 Å². The van der Waals surface area contributed by atoms with Gasteiger partial charge in [-0.2, -0.15) is 0 Å². The summed E-state index contributed by atoms with van der Waals surface area (Å²) < 4.78 is 12.9. The number of hydrogen-bond acceptors (Lipinski definition) is 3. The fourth-order valence-corrected chi connectivity index (χ4v) is 1.22. The zero-order chi connectivity index (χ0) is 13.0. The van der Waals surface area contributed by atoms with E-state index in [1.807, 2.05) is 6.92 Å². The first-order valence-corrected chi connectivity index (χ1v) is 5.61. The van der Waals surface area contributed by atoms with Crippen molar-refractivity contribution in [3.63, 3.8) is 0 Å². The number of nitrogens with two attached hydrogens (primary N) is 1. The number of hydrogen-bond donors (Lipinski definition) is 2. The van der Waals surface area contributed by atoms with Crippen LogP contribution in [0.1, 0.15) is 31.1 Å².